The lowest BCUT2D eigenvalue weighted by atomic mass is 10.3. The molecular formula is C11H15ClN4O2S. The third kappa shape index (κ3) is 7.66. The Morgan fingerprint density at radius 1 is 1.47 bits per heavy atom. The number of halogens is 1. The monoisotopic (exact) mass is 302 g/mol. The first-order valence-electron chi connectivity index (χ1n) is 5.77. The molecule has 0 fully saturated rings. The van der Waals surface area contributed by atoms with Crippen LogP contribution in [0.15, 0.2) is 18.3 Å². The van der Waals surface area contributed by atoms with Crippen molar-refractivity contribution in [2.45, 2.75) is 13.0 Å². The van der Waals surface area contributed by atoms with Gasteiger partial charge in [-0.3, -0.25) is 10.1 Å². The Bertz CT molecular complexity index is 427. The summed E-state index contributed by atoms with van der Waals surface area (Å²) in [6.07, 6.45) is 2.55. The Balaban J connectivity index is 2.04. The molecule has 0 bridgehead atoms. The lowest BCUT2D eigenvalue weighted by molar-refractivity contribution is -0.463. The fraction of sp³-hybridized carbons (Fsp3) is 0.455. The van der Waals surface area contributed by atoms with Crippen molar-refractivity contribution in [1.82, 2.24) is 15.6 Å². The van der Waals surface area contributed by atoms with Gasteiger partial charge < -0.3 is 10.6 Å². The van der Waals surface area contributed by atoms with Crippen LogP contribution in [0.25, 0.3) is 0 Å². The molecule has 2 N–H and O–H groups in total. The van der Waals surface area contributed by atoms with Crippen LogP contribution in [-0.2, 0) is 6.54 Å². The maximum atomic E-state index is 10.2. The summed E-state index contributed by atoms with van der Waals surface area (Å²) in [5.41, 5.74) is 1.06. The molecule has 0 aliphatic carbocycles. The summed E-state index contributed by atoms with van der Waals surface area (Å²) in [6, 6.07) is 3.66. The second kappa shape index (κ2) is 8.73. The third-order valence-electron chi connectivity index (χ3n) is 2.24. The van der Waals surface area contributed by atoms with Gasteiger partial charge in [0.05, 0.1) is 0 Å². The molecule has 0 unspecified atom stereocenters. The molecule has 1 aromatic rings. The zero-order valence-electron chi connectivity index (χ0n) is 10.3. The van der Waals surface area contributed by atoms with Crippen molar-refractivity contribution in [3.63, 3.8) is 0 Å². The molecule has 0 atom stereocenters. The molecule has 6 nitrogen and oxygen atoms in total. The number of pyridine rings is 1. The number of nitrogens with one attached hydrogen (secondary N) is 2. The van der Waals surface area contributed by atoms with Crippen LogP contribution in [0.1, 0.15) is 12.0 Å². The molecule has 0 amide bonds. The second-order valence-corrected chi connectivity index (χ2v) is 4.74. The van der Waals surface area contributed by atoms with E-state index in [1.807, 2.05) is 6.07 Å². The highest BCUT2D eigenvalue weighted by Gasteiger charge is 2.02. The van der Waals surface area contributed by atoms with Crippen LogP contribution in [0.4, 0.5) is 0 Å². The summed E-state index contributed by atoms with van der Waals surface area (Å²) >= 11 is 10.5. The van der Waals surface area contributed by atoms with Gasteiger partial charge in [0.1, 0.15) is 10.1 Å². The van der Waals surface area contributed by atoms with E-state index < -0.39 is 4.92 Å². The van der Waals surface area contributed by atoms with Crippen LogP contribution in [0, 0.1) is 10.1 Å². The third-order valence-corrected chi connectivity index (χ3v) is 2.74. The summed E-state index contributed by atoms with van der Waals surface area (Å²) in [5.74, 6) is 0. The second-order valence-electron chi connectivity index (χ2n) is 3.86. The number of nitrogens with zero attached hydrogens (tertiary/aromatic N) is 2. The largest absolute Gasteiger partial charge is 0.374 e. The van der Waals surface area contributed by atoms with Gasteiger partial charge in [-0.2, -0.15) is 0 Å². The van der Waals surface area contributed by atoms with Gasteiger partial charge in [0, 0.05) is 24.2 Å². The van der Waals surface area contributed by atoms with Gasteiger partial charge >= 0.3 is 0 Å². The minimum Gasteiger partial charge on any atom is -0.374 e. The molecule has 0 aliphatic rings. The van der Waals surface area contributed by atoms with E-state index in [9.17, 15) is 10.1 Å². The van der Waals surface area contributed by atoms with Crippen LogP contribution >= 0.6 is 23.8 Å². The topological polar surface area (TPSA) is 80.1 Å². The molecule has 0 saturated carbocycles. The first-order chi connectivity index (χ1) is 9.08. The van der Waals surface area contributed by atoms with Crippen molar-refractivity contribution in [1.29, 1.82) is 0 Å². The molecule has 0 radical (unpaired) electrons. The molecule has 0 aliphatic heterocycles. The maximum absolute atomic E-state index is 10.2. The van der Waals surface area contributed by atoms with Crippen LogP contribution in [-0.4, -0.2) is 34.5 Å². The van der Waals surface area contributed by atoms with E-state index in [-0.39, 0.29) is 11.5 Å². The zero-order chi connectivity index (χ0) is 14.1. The maximum Gasteiger partial charge on any atom is 0.253 e. The zero-order valence-corrected chi connectivity index (χ0v) is 11.8. The molecule has 0 aromatic carbocycles. The summed E-state index contributed by atoms with van der Waals surface area (Å²) in [4.78, 5) is 14.0. The van der Waals surface area contributed by atoms with Gasteiger partial charge in [0.15, 0.2) is 0 Å². The predicted octanol–water partition coefficient (Wildman–Crippen LogP) is 1.41. The minimum absolute atomic E-state index is 0.270. The normalized spacial score (nSPS) is 10.2. The van der Waals surface area contributed by atoms with Crippen LogP contribution in [0.2, 0.25) is 5.15 Å². The molecule has 1 rings (SSSR count). The molecular weight excluding hydrogens is 288 g/mol. The molecule has 8 heteroatoms. The first-order valence-corrected chi connectivity index (χ1v) is 6.56. The molecule has 1 heterocycles. The van der Waals surface area contributed by atoms with E-state index in [0.717, 1.165) is 18.5 Å². The van der Waals surface area contributed by atoms with E-state index in [1.165, 1.54) is 0 Å². The quantitative estimate of drug-likeness (QED) is 0.248. The van der Waals surface area contributed by atoms with Crippen molar-refractivity contribution in [2.24, 2.45) is 0 Å². The van der Waals surface area contributed by atoms with Gasteiger partial charge in [-0.05, 0) is 24.6 Å². The molecule has 0 saturated heterocycles. The number of nitro groups is 1. The van der Waals surface area contributed by atoms with Crippen molar-refractivity contribution in [2.75, 3.05) is 19.6 Å². The summed E-state index contributed by atoms with van der Waals surface area (Å²) in [6.45, 7) is 1.82. The highest BCUT2D eigenvalue weighted by Crippen LogP contribution is 2.04. The molecule has 19 heavy (non-hydrogen) atoms. The summed E-state index contributed by atoms with van der Waals surface area (Å²) in [5, 5.41) is 16.7. The number of hydrogen-bond acceptors (Lipinski definition) is 5. The Morgan fingerprint density at radius 2 is 2.26 bits per heavy atom. The minimum atomic E-state index is -0.443. The predicted molar refractivity (Wildman–Crippen MR) is 78.0 cm³/mol. The van der Waals surface area contributed by atoms with Crippen molar-refractivity contribution >= 4 is 28.8 Å². The summed E-state index contributed by atoms with van der Waals surface area (Å²) < 4.78 is 0. The average Bonchev–Trinajstić information content (AvgIpc) is 2.35. The van der Waals surface area contributed by atoms with E-state index in [1.54, 1.807) is 12.3 Å². The smallest absolute Gasteiger partial charge is 0.253 e. The van der Waals surface area contributed by atoms with Crippen molar-refractivity contribution in [3.8, 4) is 0 Å². The van der Waals surface area contributed by atoms with Gasteiger partial charge in [-0.15, -0.1) is 0 Å². The van der Waals surface area contributed by atoms with Crippen LogP contribution < -0.4 is 10.6 Å². The number of hydrogen-bond donors (Lipinski definition) is 2. The average molecular weight is 303 g/mol. The van der Waals surface area contributed by atoms with Crippen molar-refractivity contribution < 1.29 is 4.92 Å². The van der Waals surface area contributed by atoms with E-state index in [0.29, 0.717) is 18.2 Å². The lowest BCUT2D eigenvalue weighted by Gasteiger charge is -2.06. The number of aromatic nitrogens is 1. The fourth-order valence-corrected chi connectivity index (χ4v) is 1.68. The highest BCUT2D eigenvalue weighted by molar-refractivity contribution is 7.80. The Kier molecular flexibility index (Phi) is 7.24. The first kappa shape index (κ1) is 15.7. The van der Waals surface area contributed by atoms with Crippen molar-refractivity contribution in [3.05, 3.63) is 39.2 Å². The van der Waals surface area contributed by atoms with E-state index in [4.69, 9.17) is 23.8 Å². The Hall–Kier alpha value is -1.31. The lowest BCUT2D eigenvalue weighted by Crippen LogP contribution is -2.30. The van der Waals surface area contributed by atoms with E-state index >= 15 is 0 Å². The van der Waals surface area contributed by atoms with E-state index in [2.05, 4.69) is 15.6 Å². The van der Waals surface area contributed by atoms with Gasteiger partial charge in [0.2, 0.25) is 0 Å². The molecule has 1 aromatic heterocycles. The fourth-order valence-electron chi connectivity index (χ4n) is 1.36. The Labute approximate surface area is 121 Å². The van der Waals surface area contributed by atoms with Gasteiger partial charge in [-0.1, -0.05) is 29.9 Å². The van der Waals surface area contributed by atoms with Gasteiger partial charge in [0.25, 0.3) is 6.54 Å². The number of rotatable bonds is 8. The Morgan fingerprint density at radius 3 is 2.89 bits per heavy atom. The molecule has 104 valence electrons. The summed E-state index contributed by atoms with van der Waals surface area (Å²) in [7, 11) is 0. The van der Waals surface area contributed by atoms with Gasteiger partial charge in [-0.25, -0.2) is 4.98 Å². The highest BCUT2D eigenvalue weighted by atomic mass is 35.5. The van der Waals surface area contributed by atoms with Crippen LogP contribution in [0.5, 0.6) is 0 Å². The standard InChI is InChI=1S/C11H15ClN4O2S/c12-10-3-2-9(7-15-10)6-13-4-1-5-14-11(19)8-16(17)18/h2-3,7,13H,1,4-6,8H2,(H,14,19). The SMILES string of the molecule is O=[N+]([O-])CC(=S)NCCCNCc1ccc(Cl)nc1. The number of thiocarbonyl (C=S) groups is 1. The van der Waals surface area contributed by atoms with Crippen LogP contribution in [0.3, 0.4) is 0 Å². The molecule has 0 spiro atoms.